The Kier molecular flexibility index (Phi) is 7.18. The van der Waals surface area contributed by atoms with Gasteiger partial charge in [0.05, 0.1) is 22.3 Å². The van der Waals surface area contributed by atoms with Crippen molar-refractivity contribution in [3.63, 3.8) is 0 Å². The monoisotopic (exact) mass is 475 g/mol. The molecule has 7 heteroatoms. The van der Waals surface area contributed by atoms with Crippen molar-refractivity contribution >= 4 is 40.5 Å². The van der Waals surface area contributed by atoms with E-state index in [1.54, 1.807) is 0 Å². The largest absolute Gasteiger partial charge is 0.493 e. The molecule has 5 nitrogen and oxygen atoms in total. The van der Waals surface area contributed by atoms with Crippen LogP contribution < -0.4 is 15.0 Å². The van der Waals surface area contributed by atoms with Crippen LogP contribution in [0, 0.1) is 0 Å². The van der Waals surface area contributed by atoms with E-state index in [4.69, 9.17) is 27.9 Å². The van der Waals surface area contributed by atoms with Gasteiger partial charge in [-0.05, 0) is 42.0 Å². The van der Waals surface area contributed by atoms with Crippen molar-refractivity contribution in [2.45, 2.75) is 38.5 Å². The molecule has 1 saturated heterocycles. The van der Waals surface area contributed by atoms with Gasteiger partial charge in [0.1, 0.15) is 5.75 Å². The molecule has 4 rings (SSSR count). The minimum atomic E-state index is -0.0233. The molecule has 0 bridgehead atoms. The SMILES string of the molecule is CC1(C)CCC(=O)Nc2cc(OCCCN3CCN(c4cccc(Cl)c4Cl)CC3)ccc21. The van der Waals surface area contributed by atoms with Crippen LogP contribution in [0.1, 0.15) is 38.7 Å². The summed E-state index contributed by atoms with van der Waals surface area (Å²) in [7, 11) is 0. The number of ether oxygens (including phenoxy) is 1. The number of hydrogen-bond donors (Lipinski definition) is 1. The van der Waals surface area contributed by atoms with Gasteiger partial charge in [0, 0.05) is 50.9 Å². The lowest BCUT2D eigenvalue weighted by Gasteiger charge is -2.36. The molecule has 0 saturated carbocycles. The first kappa shape index (κ1) is 23.2. The second kappa shape index (κ2) is 9.90. The van der Waals surface area contributed by atoms with E-state index in [9.17, 15) is 4.79 Å². The van der Waals surface area contributed by atoms with Crippen molar-refractivity contribution in [2.75, 3.05) is 49.5 Å². The van der Waals surface area contributed by atoms with Crippen LogP contribution in [0.5, 0.6) is 5.75 Å². The molecule has 1 fully saturated rings. The number of carbonyl (C=O) groups excluding carboxylic acids is 1. The maximum Gasteiger partial charge on any atom is 0.224 e. The van der Waals surface area contributed by atoms with Crippen LogP contribution in [0.25, 0.3) is 0 Å². The summed E-state index contributed by atoms with van der Waals surface area (Å²) in [5.41, 5.74) is 3.05. The highest BCUT2D eigenvalue weighted by atomic mass is 35.5. The molecule has 2 aromatic carbocycles. The zero-order valence-corrected chi connectivity index (χ0v) is 20.3. The highest BCUT2D eigenvalue weighted by Gasteiger charge is 2.28. The Morgan fingerprint density at radius 1 is 1.09 bits per heavy atom. The van der Waals surface area contributed by atoms with E-state index in [0.29, 0.717) is 23.1 Å². The number of piperazine rings is 1. The Morgan fingerprint density at radius 2 is 1.88 bits per heavy atom. The fourth-order valence-electron chi connectivity index (χ4n) is 4.51. The summed E-state index contributed by atoms with van der Waals surface area (Å²) in [6.45, 7) is 9.86. The molecule has 0 atom stereocenters. The van der Waals surface area contributed by atoms with E-state index in [0.717, 1.165) is 62.7 Å². The summed E-state index contributed by atoms with van der Waals surface area (Å²) in [6, 6.07) is 11.9. The van der Waals surface area contributed by atoms with Gasteiger partial charge in [-0.15, -0.1) is 0 Å². The molecule has 2 aliphatic rings. The van der Waals surface area contributed by atoms with Gasteiger partial charge in [-0.2, -0.15) is 0 Å². The number of anilines is 2. The summed E-state index contributed by atoms with van der Waals surface area (Å²) in [5.74, 6) is 0.884. The molecule has 2 heterocycles. The fourth-order valence-corrected chi connectivity index (χ4v) is 4.92. The van der Waals surface area contributed by atoms with Gasteiger partial charge < -0.3 is 15.0 Å². The number of rotatable bonds is 6. The third kappa shape index (κ3) is 5.33. The molecule has 0 aromatic heterocycles. The molecule has 32 heavy (non-hydrogen) atoms. The summed E-state index contributed by atoms with van der Waals surface area (Å²) in [5, 5.41) is 4.27. The van der Waals surface area contributed by atoms with Crippen molar-refractivity contribution < 1.29 is 9.53 Å². The van der Waals surface area contributed by atoms with Gasteiger partial charge in [-0.25, -0.2) is 0 Å². The Hall–Kier alpha value is -1.95. The fraction of sp³-hybridized carbons (Fsp3) is 0.480. The van der Waals surface area contributed by atoms with E-state index in [1.807, 2.05) is 30.3 Å². The zero-order valence-electron chi connectivity index (χ0n) is 18.8. The predicted molar refractivity (Wildman–Crippen MR) is 133 cm³/mol. The first-order valence-electron chi connectivity index (χ1n) is 11.3. The van der Waals surface area contributed by atoms with Crippen LogP contribution in [0.2, 0.25) is 10.0 Å². The first-order valence-corrected chi connectivity index (χ1v) is 12.1. The highest BCUT2D eigenvalue weighted by molar-refractivity contribution is 6.43. The molecule has 0 spiro atoms. The van der Waals surface area contributed by atoms with Crippen LogP contribution >= 0.6 is 23.2 Å². The number of hydrogen-bond acceptors (Lipinski definition) is 4. The van der Waals surface area contributed by atoms with Crippen molar-refractivity contribution in [1.29, 1.82) is 0 Å². The van der Waals surface area contributed by atoms with Gasteiger partial charge in [-0.3, -0.25) is 9.69 Å². The normalized spacial score (nSPS) is 18.6. The minimum Gasteiger partial charge on any atom is -0.493 e. The predicted octanol–water partition coefficient (Wildman–Crippen LogP) is 5.59. The molecule has 0 radical (unpaired) electrons. The molecule has 2 aromatic rings. The second-order valence-electron chi connectivity index (χ2n) is 9.24. The number of carbonyl (C=O) groups is 1. The molecule has 2 aliphatic heterocycles. The van der Waals surface area contributed by atoms with Gasteiger partial charge in [-0.1, -0.05) is 49.2 Å². The number of benzene rings is 2. The molecular weight excluding hydrogens is 445 g/mol. The van der Waals surface area contributed by atoms with E-state index in [1.165, 1.54) is 5.56 Å². The maximum absolute atomic E-state index is 12.1. The lowest BCUT2D eigenvalue weighted by Crippen LogP contribution is -2.46. The Balaban J connectivity index is 1.24. The number of amides is 1. The highest BCUT2D eigenvalue weighted by Crippen LogP contribution is 2.38. The lowest BCUT2D eigenvalue weighted by atomic mass is 9.80. The Labute approximate surface area is 200 Å². The van der Waals surface area contributed by atoms with Crippen molar-refractivity contribution in [1.82, 2.24) is 4.90 Å². The number of fused-ring (bicyclic) bond motifs is 1. The van der Waals surface area contributed by atoms with Crippen LogP contribution in [0.3, 0.4) is 0 Å². The van der Waals surface area contributed by atoms with Crippen molar-refractivity contribution in [2.24, 2.45) is 0 Å². The summed E-state index contributed by atoms with van der Waals surface area (Å²) < 4.78 is 6.01. The maximum atomic E-state index is 12.1. The first-order chi connectivity index (χ1) is 15.3. The van der Waals surface area contributed by atoms with Crippen LogP contribution in [-0.4, -0.2) is 50.1 Å². The minimum absolute atomic E-state index is 0.0233. The Bertz CT molecular complexity index is 972. The zero-order chi connectivity index (χ0) is 22.7. The topological polar surface area (TPSA) is 44.8 Å². The third-order valence-electron chi connectivity index (χ3n) is 6.50. The van der Waals surface area contributed by atoms with Crippen molar-refractivity contribution in [3.8, 4) is 5.75 Å². The molecule has 1 N–H and O–H groups in total. The van der Waals surface area contributed by atoms with E-state index < -0.39 is 0 Å². The second-order valence-corrected chi connectivity index (χ2v) is 10.0. The van der Waals surface area contributed by atoms with E-state index in [-0.39, 0.29) is 11.3 Å². The average molecular weight is 476 g/mol. The third-order valence-corrected chi connectivity index (χ3v) is 7.31. The molecule has 0 aliphatic carbocycles. The van der Waals surface area contributed by atoms with Crippen LogP contribution in [0.15, 0.2) is 36.4 Å². The van der Waals surface area contributed by atoms with Gasteiger partial charge in [0.25, 0.3) is 0 Å². The Morgan fingerprint density at radius 3 is 2.66 bits per heavy atom. The quantitative estimate of drug-likeness (QED) is 0.552. The lowest BCUT2D eigenvalue weighted by molar-refractivity contribution is -0.116. The van der Waals surface area contributed by atoms with Gasteiger partial charge >= 0.3 is 0 Å². The standard InChI is InChI=1S/C25H31Cl2N3O2/c1-25(2)10-9-23(31)28-21-17-18(7-8-19(21)25)32-16-4-11-29-12-14-30(15-13-29)22-6-3-5-20(26)24(22)27/h3,5-8,17H,4,9-16H2,1-2H3,(H,28,31). The molecule has 172 valence electrons. The van der Waals surface area contributed by atoms with E-state index in [2.05, 4.69) is 35.0 Å². The van der Waals surface area contributed by atoms with Crippen molar-refractivity contribution in [3.05, 3.63) is 52.0 Å². The van der Waals surface area contributed by atoms with E-state index >= 15 is 0 Å². The summed E-state index contributed by atoms with van der Waals surface area (Å²) in [6.07, 6.45) is 2.35. The number of nitrogens with one attached hydrogen (secondary N) is 1. The smallest absolute Gasteiger partial charge is 0.224 e. The molecule has 0 unspecified atom stereocenters. The van der Waals surface area contributed by atoms with Crippen LogP contribution in [0.4, 0.5) is 11.4 Å². The van der Waals surface area contributed by atoms with Crippen LogP contribution in [-0.2, 0) is 10.2 Å². The number of nitrogens with zero attached hydrogens (tertiary/aromatic N) is 2. The van der Waals surface area contributed by atoms with Gasteiger partial charge in [0.2, 0.25) is 5.91 Å². The molecular formula is C25H31Cl2N3O2. The van der Waals surface area contributed by atoms with Gasteiger partial charge in [0.15, 0.2) is 0 Å². The number of halogens is 2. The molecule has 1 amide bonds. The average Bonchev–Trinajstić information content (AvgIpc) is 2.89. The summed E-state index contributed by atoms with van der Waals surface area (Å²) in [4.78, 5) is 16.8. The summed E-state index contributed by atoms with van der Waals surface area (Å²) >= 11 is 12.5.